The molecule has 0 bridgehead atoms. The summed E-state index contributed by atoms with van der Waals surface area (Å²) in [6, 6.07) is 10.9. The van der Waals surface area contributed by atoms with Gasteiger partial charge in [0.1, 0.15) is 0 Å². The van der Waals surface area contributed by atoms with Gasteiger partial charge < -0.3 is 5.32 Å². The van der Waals surface area contributed by atoms with Crippen LogP contribution in [-0.4, -0.2) is 31.1 Å². The van der Waals surface area contributed by atoms with Gasteiger partial charge in [0.25, 0.3) is 0 Å². The molecular weight excluding hydrogens is 232 g/mol. The van der Waals surface area contributed by atoms with Crippen molar-refractivity contribution < 1.29 is 0 Å². The number of piperazine rings is 1. The predicted octanol–water partition coefficient (Wildman–Crippen LogP) is 3.00. The minimum Gasteiger partial charge on any atom is -0.305 e. The lowest BCUT2D eigenvalue weighted by atomic mass is 9.89. The largest absolute Gasteiger partial charge is 0.305 e. The third-order valence-electron chi connectivity index (χ3n) is 4.89. The van der Waals surface area contributed by atoms with Gasteiger partial charge in [0.05, 0.1) is 5.54 Å². The highest BCUT2D eigenvalue weighted by molar-refractivity contribution is 5.24. The number of nitrogens with zero attached hydrogens (tertiary/aromatic N) is 1. The molecule has 2 heteroatoms. The average molecular weight is 258 g/mol. The van der Waals surface area contributed by atoms with E-state index in [2.05, 4.69) is 47.5 Å². The number of hydrogen-bond donors (Lipinski definition) is 1. The van der Waals surface area contributed by atoms with Crippen molar-refractivity contribution in [3.8, 4) is 0 Å². The average Bonchev–Trinajstić information content (AvgIpc) is 2.93. The first-order valence-electron chi connectivity index (χ1n) is 7.79. The maximum atomic E-state index is 3.72. The molecule has 1 unspecified atom stereocenters. The third kappa shape index (κ3) is 3.01. The summed E-state index contributed by atoms with van der Waals surface area (Å²) in [5.74, 6) is 0.957. The van der Waals surface area contributed by atoms with Crippen LogP contribution in [0, 0.1) is 5.92 Å². The summed E-state index contributed by atoms with van der Waals surface area (Å²) >= 11 is 0. The topological polar surface area (TPSA) is 15.3 Å². The molecule has 0 radical (unpaired) electrons. The molecule has 0 spiro atoms. The SMILES string of the molecule is CC1(c2ccccc2)CN(CC2CCCC2)CCN1. The molecule has 3 rings (SSSR count). The quantitative estimate of drug-likeness (QED) is 0.896. The monoisotopic (exact) mass is 258 g/mol. The van der Waals surface area contributed by atoms with E-state index >= 15 is 0 Å². The standard InChI is InChI=1S/C17H26N2/c1-17(16-9-3-2-4-10-16)14-19(12-11-18-17)13-15-7-5-6-8-15/h2-4,9-10,15,18H,5-8,11-14H2,1H3. The van der Waals surface area contributed by atoms with E-state index < -0.39 is 0 Å². The first-order chi connectivity index (χ1) is 9.26. The zero-order valence-electron chi connectivity index (χ0n) is 12.1. The molecule has 2 nitrogen and oxygen atoms in total. The van der Waals surface area contributed by atoms with Crippen LogP contribution in [0.4, 0.5) is 0 Å². The molecule has 1 heterocycles. The summed E-state index contributed by atoms with van der Waals surface area (Å²) in [7, 11) is 0. The fraction of sp³-hybridized carbons (Fsp3) is 0.647. The molecule has 1 N–H and O–H groups in total. The molecule has 1 atom stereocenters. The van der Waals surface area contributed by atoms with Crippen LogP contribution in [0.15, 0.2) is 30.3 Å². The van der Waals surface area contributed by atoms with Gasteiger partial charge >= 0.3 is 0 Å². The highest BCUT2D eigenvalue weighted by Gasteiger charge is 2.33. The maximum Gasteiger partial charge on any atom is 0.0535 e. The van der Waals surface area contributed by atoms with E-state index in [1.54, 1.807) is 0 Å². The number of hydrogen-bond acceptors (Lipinski definition) is 2. The van der Waals surface area contributed by atoms with Crippen LogP contribution in [0.2, 0.25) is 0 Å². The molecule has 104 valence electrons. The Hall–Kier alpha value is -0.860. The minimum absolute atomic E-state index is 0.123. The summed E-state index contributed by atoms with van der Waals surface area (Å²) < 4.78 is 0. The van der Waals surface area contributed by atoms with Crippen molar-refractivity contribution in [2.24, 2.45) is 5.92 Å². The summed E-state index contributed by atoms with van der Waals surface area (Å²) in [6.45, 7) is 7.12. The van der Waals surface area contributed by atoms with Gasteiger partial charge in [-0.25, -0.2) is 0 Å². The Labute approximate surface area is 117 Å². The Morgan fingerprint density at radius 2 is 1.95 bits per heavy atom. The van der Waals surface area contributed by atoms with Crippen LogP contribution >= 0.6 is 0 Å². The highest BCUT2D eigenvalue weighted by atomic mass is 15.2. The summed E-state index contributed by atoms with van der Waals surface area (Å²) in [5, 5.41) is 3.72. The molecule has 0 amide bonds. The van der Waals surface area contributed by atoms with Gasteiger partial charge in [-0.3, -0.25) is 4.90 Å². The minimum atomic E-state index is 0.123. The summed E-state index contributed by atoms with van der Waals surface area (Å²) in [4.78, 5) is 2.68. The van der Waals surface area contributed by atoms with Gasteiger partial charge in [-0.1, -0.05) is 43.2 Å². The second-order valence-corrected chi connectivity index (χ2v) is 6.51. The zero-order chi connectivity index (χ0) is 13.1. The molecule has 1 aromatic rings. The van der Waals surface area contributed by atoms with E-state index in [-0.39, 0.29) is 5.54 Å². The van der Waals surface area contributed by atoms with Gasteiger partial charge in [-0.15, -0.1) is 0 Å². The van der Waals surface area contributed by atoms with Gasteiger partial charge in [-0.2, -0.15) is 0 Å². The molecule has 2 fully saturated rings. The second-order valence-electron chi connectivity index (χ2n) is 6.51. The Bertz CT molecular complexity index is 397. The lowest BCUT2D eigenvalue weighted by Gasteiger charge is -2.42. The molecule has 1 saturated heterocycles. The smallest absolute Gasteiger partial charge is 0.0535 e. The molecule has 0 aromatic heterocycles. The van der Waals surface area contributed by atoms with Gasteiger partial charge in [-0.05, 0) is 31.2 Å². The number of nitrogens with one attached hydrogen (secondary N) is 1. The Morgan fingerprint density at radius 1 is 1.21 bits per heavy atom. The van der Waals surface area contributed by atoms with Crippen LogP contribution in [0.25, 0.3) is 0 Å². The van der Waals surface area contributed by atoms with Crippen molar-refractivity contribution >= 4 is 0 Å². The van der Waals surface area contributed by atoms with Crippen molar-refractivity contribution in [3.63, 3.8) is 0 Å². The van der Waals surface area contributed by atoms with E-state index in [4.69, 9.17) is 0 Å². The van der Waals surface area contributed by atoms with Crippen LogP contribution < -0.4 is 5.32 Å². The van der Waals surface area contributed by atoms with Crippen LogP contribution in [-0.2, 0) is 5.54 Å². The maximum absolute atomic E-state index is 3.72. The van der Waals surface area contributed by atoms with Crippen LogP contribution in [0.5, 0.6) is 0 Å². The van der Waals surface area contributed by atoms with Crippen molar-refractivity contribution in [2.45, 2.75) is 38.1 Å². The van der Waals surface area contributed by atoms with Crippen LogP contribution in [0.3, 0.4) is 0 Å². The number of rotatable bonds is 3. The lowest BCUT2D eigenvalue weighted by Crippen LogP contribution is -2.57. The van der Waals surface area contributed by atoms with E-state index in [1.807, 2.05) is 0 Å². The Morgan fingerprint density at radius 3 is 2.68 bits per heavy atom. The van der Waals surface area contributed by atoms with Crippen molar-refractivity contribution in [3.05, 3.63) is 35.9 Å². The van der Waals surface area contributed by atoms with Gasteiger partial charge in [0.15, 0.2) is 0 Å². The summed E-state index contributed by atoms with van der Waals surface area (Å²) in [5.41, 5.74) is 1.55. The van der Waals surface area contributed by atoms with Crippen molar-refractivity contribution in [1.82, 2.24) is 10.2 Å². The molecule has 1 saturated carbocycles. The highest BCUT2D eigenvalue weighted by Crippen LogP contribution is 2.29. The first-order valence-corrected chi connectivity index (χ1v) is 7.79. The predicted molar refractivity (Wildman–Crippen MR) is 80.2 cm³/mol. The molecule has 2 aliphatic rings. The van der Waals surface area contributed by atoms with Crippen molar-refractivity contribution in [1.29, 1.82) is 0 Å². The summed E-state index contributed by atoms with van der Waals surface area (Å²) in [6.07, 6.45) is 5.80. The first kappa shape index (κ1) is 13.1. The second kappa shape index (κ2) is 5.64. The van der Waals surface area contributed by atoms with Crippen LogP contribution in [0.1, 0.15) is 38.2 Å². The fourth-order valence-electron chi connectivity index (χ4n) is 3.79. The molecule has 1 aliphatic heterocycles. The third-order valence-corrected chi connectivity index (χ3v) is 4.89. The van der Waals surface area contributed by atoms with Crippen molar-refractivity contribution in [2.75, 3.05) is 26.2 Å². The fourth-order valence-corrected chi connectivity index (χ4v) is 3.79. The Kier molecular flexibility index (Phi) is 3.90. The lowest BCUT2D eigenvalue weighted by molar-refractivity contribution is 0.125. The molecular formula is C17H26N2. The van der Waals surface area contributed by atoms with E-state index in [0.29, 0.717) is 0 Å². The molecule has 1 aromatic carbocycles. The molecule has 1 aliphatic carbocycles. The zero-order valence-corrected chi connectivity index (χ0v) is 12.1. The number of benzene rings is 1. The van der Waals surface area contributed by atoms with Gasteiger partial charge in [0, 0.05) is 26.2 Å². The van der Waals surface area contributed by atoms with E-state index in [9.17, 15) is 0 Å². The van der Waals surface area contributed by atoms with E-state index in [1.165, 1.54) is 44.3 Å². The normalized spacial score (nSPS) is 29.7. The van der Waals surface area contributed by atoms with E-state index in [0.717, 1.165) is 19.0 Å². The van der Waals surface area contributed by atoms with Gasteiger partial charge in [0.2, 0.25) is 0 Å². The molecule has 19 heavy (non-hydrogen) atoms. The Balaban J connectivity index is 1.66.